The number of amides is 2. The van der Waals surface area contributed by atoms with Crippen LogP contribution in [0.3, 0.4) is 0 Å². The van der Waals surface area contributed by atoms with Crippen molar-refractivity contribution in [3.05, 3.63) is 122 Å². The van der Waals surface area contributed by atoms with Crippen LogP contribution in [-0.4, -0.2) is 48.3 Å². The van der Waals surface area contributed by atoms with Crippen molar-refractivity contribution in [2.24, 2.45) is 0 Å². The van der Waals surface area contributed by atoms with Crippen LogP contribution in [0.5, 0.6) is 17.2 Å². The molecule has 0 unspecified atom stereocenters. The number of nitriles is 1. The minimum atomic E-state index is -0.419. The molecule has 0 spiro atoms. The Morgan fingerprint density at radius 3 is 1.72 bits per heavy atom. The van der Waals surface area contributed by atoms with Crippen LogP contribution in [0.2, 0.25) is 25.1 Å². The average Bonchev–Trinajstić information content (AvgIpc) is 3.97. The van der Waals surface area contributed by atoms with Gasteiger partial charge in [0.05, 0.1) is 79.3 Å². The number of anilines is 3. The predicted octanol–water partition coefficient (Wildman–Crippen LogP) is 10.6. The van der Waals surface area contributed by atoms with E-state index in [0.717, 1.165) is 22.1 Å². The molecule has 0 aliphatic heterocycles. The van der Waals surface area contributed by atoms with Gasteiger partial charge >= 0.3 is 0 Å². The first kappa shape index (κ1) is 43.2. The van der Waals surface area contributed by atoms with E-state index < -0.39 is 5.91 Å². The third-order valence-corrected chi connectivity index (χ3v) is 9.25. The summed E-state index contributed by atoms with van der Waals surface area (Å²) in [4.78, 5) is 44.2. The normalized spacial score (nSPS) is 10.4. The van der Waals surface area contributed by atoms with Gasteiger partial charge < -0.3 is 40.8 Å². The average molecular weight is 901 g/mol. The number of imidazole rings is 3. The molecule has 3 heterocycles. The summed E-state index contributed by atoms with van der Waals surface area (Å²) in [7, 11) is 0. The van der Waals surface area contributed by atoms with Gasteiger partial charge in [-0.25, -0.2) is 15.0 Å². The number of rotatable bonds is 7. The lowest BCUT2D eigenvalue weighted by Gasteiger charge is -2.12. The van der Waals surface area contributed by atoms with Crippen LogP contribution in [0.15, 0.2) is 91.8 Å². The van der Waals surface area contributed by atoms with Crippen LogP contribution in [-0.2, 0) is 9.59 Å². The maximum Gasteiger partial charge on any atom is 0.262 e. The summed E-state index contributed by atoms with van der Waals surface area (Å²) in [6.45, 7) is 1.15. The number of benzene rings is 5. The highest BCUT2D eigenvalue weighted by Gasteiger charge is 2.13. The summed E-state index contributed by atoms with van der Waals surface area (Å²) in [6.07, 6.45) is 4.68. The third kappa shape index (κ3) is 10.7. The largest absolute Gasteiger partial charge is 0.484 e. The number of nitrogen functional groups attached to an aromatic ring is 1. The molecule has 0 saturated heterocycles. The number of carbonyl (C=O) groups is 2. The molecule has 0 fully saturated rings. The standard InChI is InChI=1S/C22H13Cl3N4O3.C9H8ClN3O.C7H6ClN3.ClH/c23-13-3-12(9-26)4-16(6-13)32-17-7-14(24)5-15(8-17)31-10-20(30)29-18-1-2-19-22(21(18)25)28-11-27-19;1-5(14)13-6-2-3-7-9(8(6)10)12-4-11-7;8-6-4(9)1-2-5-7(6)11-3-10-5;/h1-8,11H,10H2,(H,27,28)(H,29,30);2-4H,1H3,(H,11,12)(H,13,14);1-3H,9H2,(H,10,11);1H. The molecule has 0 atom stereocenters. The second kappa shape index (κ2) is 19.5. The first-order valence-electron chi connectivity index (χ1n) is 16.4. The molecule has 58 heavy (non-hydrogen) atoms. The van der Waals surface area contributed by atoms with E-state index in [1.807, 2.05) is 18.2 Å². The molecule has 0 aliphatic carbocycles. The number of hydrogen-bond donors (Lipinski definition) is 6. The summed E-state index contributed by atoms with van der Waals surface area (Å²) in [5.41, 5.74) is 11.9. The molecule has 0 aliphatic rings. The monoisotopic (exact) mass is 898 g/mol. The van der Waals surface area contributed by atoms with Gasteiger partial charge in [0, 0.05) is 23.0 Å². The van der Waals surface area contributed by atoms with Crippen molar-refractivity contribution in [1.29, 1.82) is 5.26 Å². The zero-order valence-electron chi connectivity index (χ0n) is 29.7. The van der Waals surface area contributed by atoms with E-state index in [1.54, 1.807) is 67.3 Å². The van der Waals surface area contributed by atoms with E-state index in [0.29, 0.717) is 76.0 Å². The van der Waals surface area contributed by atoms with Crippen molar-refractivity contribution < 1.29 is 19.1 Å². The summed E-state index contributed by atoms with van der Waals surface area (Å²) >= 11 is 30.3. The van der Waals surface area contributed by atoms with E-state index >= 15 is 0 Å². The highest BCUT2D eigenvalue weighted by Crippen LogP contribution is 2.33. The van der Waals surface area contributed by atoms with E-state index in [1.165, 1.54) is 19.3 Å². The Labute approximate surface area is 360 Å². The molecule has 8 rings (SSSR count). The van der Waals surface area contributed by atoms with E-state index in [9.17, 15) is 9.59 Å². The molecule has 8 aromatic rings. The number of nitrogens with zero attached hydrogens (tertiary/aromatic N) is 4. The van der Waals surface area contributed by atoms with Gasteiger partial charge in [-0.3, -0.25) is 9.59 Å². The van der Waals surface area contributed by atoms with Gasteiger partial charge in [0.2, 0.25) is 5.91 Å². The number of carbonyl (C=O) groups excluding carboxylic acids is 2. The fourth-order valence-corrected chi connectivity index (χ4v) is 6.33. The fraction of sp³-hybridized carbons (Fsp3) is 0.0526. The summed E-state index contributed by atoms with van der Waals surface area (Å²) in [6, 6.07) is 21.9. The van der Waals surface area contributed by atoms with E-state index in [2.05, 4.69) is 40.5 Å². The molecule has 14 nitrogen and oxygen atoms in total. The summed E-state index contributed by atoms with van der Waals surface area (Å²) in [5.74, 6) is 0.466. The zero-order valence-corrected chi connectivity index (χ0v) is 34.3. The van der Waals surface area contributed by atoms with Gasteiger partial charge in [-0.15, -0.1) is 12.4 Å². The number of H-pyrrole nitrogens is 3. The summed E-state index contributed by atoms with van der Waals surface area (Å²) in [5, 5.41) is 16.4. The van der Waals surface area contributed by atoms with E-state index in [4.69, 9.17) is 78.5 Å². The van der Waals surface area contributed by atoms with Crippen LogP contribution < -0.4 is 25.8 Å². The molecule has 20 heteroatoms. The molecular weight excluding hydrogens is 873 g/mol. The predicted molar refractivity (Wildman–Crippen MR) is 231 cm³/mol. The topological polar surface area (TPSA) is 213 Å². The fourth-order valence-electron chi connectivity index (χ4n) is 5.16. The SMILES string of the molecule is CC(=O)Nc1ccc2[nH]cnc2c1Cl.Cl.N#Cc1cc(Cl)cc(Oc2cc(Cl)cc(OCC(=O)Nc3ccc4[nH]cnc4c3Cl)c2)c1.Nc1ccc2[nH]cnc2c1Cl. The zero-order chi connectivity index (χ0) is 40.6. The van der Waals surface area contributed by atoms with Gasteiger partial charge in [0.25, 0.3) is 5.91 Å². The lowest BCUT2D eigenvalue weighted by Crippen LogP contribution is -2.20. The second-order valence-electron chi connectivity index (χ2n) is 11.7. The number of aromatic amines is 3. The Morgan fingerprint density at radius 1 is 0.690 bits per heavy atom. The summed E-state index contributed by atoms with van der Waals surface area (Å²) < 4.78 is 11.3. The smallest absolute Gasteiger partial charge is 0.262 e. The minimum absolute atomic E-state index is 0. The molecular formula is C38H28Cl6N10O4. The van der Waals surface area contributed by atoms with Gasteiger partial charge in [-0.1, -0.05) is 58.0 Å². The molecule has 0 radical (unpaired) electrons. The van der Waals surface area contributed by atoms with Crippen molar-refractivity contribution in [2.75, 3.05) is 23.0 Å². The van der Waals surface area contributed by atoms with Gasteiger partial charge in [0.15, 0.2) is 6.61 Å². The van der Waals surface area contributed by atoms with Crippen molar-refractivity contribution in [3.63, 3.8) is 0 Å². The Hall–Kier alpha value is -5.92. The Kier molecular flexibility index (Phi) is 14.5. The Morgan fingerprint density at radius 2 is 1.17 bits per heavy atom. The quantitative estimate of drug-likeness (QED) is 0.0839. The van der Waals surface area contributed by atoms with Gasteiger partial charge in [-0.2, -0.15) is 5.26 Å². The maximum atomic E-state index is 12.3. The third-order valence-electron chi connectivity index (χ3n) is 7.66. The van der Waals surface area contributed by atoms with Crippen LogP contribution in [0.1, 0.15) is 12.5 Å². The first-order valence-corrected chi connectivity index (χ1v) is 18.3. The van der Waals surface area contributed by atoms with Crippen LogP contribution in [0.4, 0.5) is 17.1 Å². The maximum absolute atomic E-state index is 12.3. The highest BCUT2D eigenvalue weighted by atomic mass is 35.5. The van der Waals surface area contributed by atoms with Crippen molar-refractivity contribution in [3.8, 4) is 23.3 Å². The van der Waals surface area contributed by atoms with Crippen molar-refractivity contribution in [1.82, 2.24) is 29.9 Å². The number of nitrogens with one attached hydrogen (secondary N) is 5. The molecule has 296 valence electrons. The van der Waals surface area contributed by atoms with Crippen LogP contribution in [0.25, 0.3) is 33.1 Å². The molecule has 0 saturated carbocycles. The molecule has 0 bridgehead atoms. The number of halogens is 6. The minimum Gasteiger partial charge on any atom is -0.484 e. The van der Waals surface area contributed by atoms with Crippen molar-refractivity contribution in [2.45, 2.75) is 6.92 Å². The van der Waals surface area contributed by atoms with Crippen molar-refractivity contribution >= 4 is 132 Å². The number of hydrogen-bond acceptors (Lipinski definition) is 9. The molecule has 2 amide bonds. The Bertz CT molecular complexity index is 2800. The van der Waals surface area contributed by atoms with E-state index in [-0.39, 0.29) is 24.9 Å². The molecule has 3 aromatic heterocycles. The first-order chi connectivity index (χ1) is 27.4. The lowest BCUT2D eigenvalue weighted by atomic mass is 10.2. The lowest BCUT2D eigenvalue weighted by molar-refractivity contribution is -0.118. The Balaban J connectivity index is 0.000000201. The second-order valence-corrected chi connectivity index (χ2v) is 13.8. The number of ether oxygens (including phenoxy) is 2. The van der Waals surface area contributed by atoms with Crippen LogP contribution in [0, 0.1) is 11.3 Å². The highest BCUT2D eigenvalue weighted by molar-refractivity contribution is 6.39. The number of fused-ring (bicyclic) bond motifs is 3. The van der Waals surface area contributed by atoms with Gasteiger partial charge in [0.1, 0.15) is 33.8 Å². The molecule has 7 N–H and O–H groups in total. The van der Waals surface area contributed by atoms with Gasteiger partial charge in [-0.05, 0) is 66.7 Å². The molecule has 5 aromatic carbocycles. The van der Waals surface area contributed by atoms with Crippen LogP contribution >= 0.6 is 70.4 Å². The number of aromatic nitrogens is 6. The number of nitrogens with two attached hydrogens (primary N) is 1.